The molecule has 0 radical (unpaired) electrons. The zero-order chi connectivity index (χ0) is 33.6. The first kappa shape index (κ1) is 34.2. The van der Waals surface area contributed by atoms with Crippen molar-refractivity contribution in [2.24, 2.45) is 0 Å². The molecule has 0 unspecified atom stereocenters. The molecule has 2 nitrogen and oxygen atoms in total. The van der Waals surface area contributed by atoms with Crippen LogP contribution >= 0.6 is 15.9 Å². The topological polar surface area (TPSA) is 38.0 Å². The highest BCUT2D eigenvalue weighted by Crippen LogP contribution is 2.28. The Labute approximate surface area is 293 Å². The van der Waals surface area contributed by atoms with Crippen LogP contribution in [-0.2, 0) is 0 Å². The minimum atomic E-state index is 0.850. The van der Waals surface area contributed by atoms with E-state index < -0.39 is 0 Å². The SMILES string of the molecule is Brc1ccc2ccccc2c1.CCCCC.Nc1cccc2ccccc12.c1ccc2cc(Nc3cccc4ccccc34)ccc2c1. The van der Waals surface area contributed by atoms with Gasteiger partial charge < -0.3 is 11.1 Å². The van der Waals surface area contributed by atoms with Crippen molar-refractivity contribution >= 4 is 76.1 Å². The highest BCUT2D eigenvalue weighted by atomic mass is 79.9. The number of nitrogen functional groups attached to an aromatic ring is 1. The summed E-state index contributed by atoms with van der Waals surface area (Å²) in [5, 5.41) is 13.5. The van der Waals surface area contributed by atoms with Crippen molar-refractivity contribution in [1.82, 2.24) is 0 Å². The van der Waals surface area contributed by atoms with Gasteiger partial charge in [-0.3, -0.25) is 0 Å². The number of nitrogens with one attached hydrogen (secondary N) is 1. The van der Waals surface area contributed by atoms with Gasteiger partial charge in [-0.15, -0.1) is 0 Å². The van der Waals surface area contributed by atoms with Crippen LogP contribution in [-0.4, -0.2) is 0 Å². The van der Waals surface area contributed by atoms with E-state index in [0.717, 1.165) is 26.9 Å². The summed E-state index contributed by atoms with van der Waals surface area (Å²) in [6.45, 7) is 4.42. The number of hydrogen-bond donors (Lipinski definition) is 2. The lowest BCUT2D eigenvalue weighted by molar-refractivity contribution is 0.772. The summed E-state index contributed by atoms with van der Waals surface area (Å²) in [4.78, 5) is 0. The normalized spacial score (nSPS) is 10.3. The maximum absolute atomic E-state index is 5.76. The summed E-state index contributed by atoms with van der Waals surface area (Å²) in [7, 11) is 0. The van der Waals surface area contributed by atoms with Gasteiger partial charge in [0.2, 0.25) is 0 Å². The molecule has 48 heavy (non-hydrogen) atoms. The number of nitrogens with two attached hydrogens (primary N) is 1. The standard InChI is InChI=1S/C20H15N.C10H7Br.C10H9N.C5H12/c1-2-8-17-14-18(13-12-15(17)6-1)21-20-11-5-9-16-7-3-4-10-19(16)20;11-10-6-5-8-3-1-2-4-9(8)7-10;11-10-7-3-5-8-4-1-2-6-9(8)10;1-3-5-4-2/h1-14,21H;1-7H;1-7H,11H2;3-5H2,1-2H3. The molecule has 8 aromatic rings. The maximum Gasteiger partial charge on any atom is 0.0463 e. The van der Waals surface area contributed by atoms with Gasteiger partial charge in [-0.05, 0) is 68.7 Å². The molecule has 8 rings (SSSR count). The van der Waals surface area contributed by atoms with Crippen molar-refractivity contribution in [2.75, 3.05) is 11.1 Å². The Hall–Kier alpha value is -5.12. The molecule has 0 aliphatic carbocycles. The Morgan fingerprint density at radius 3 is 1.54 bits per heavy atom. The fourth-order valence-corrected chi connectivity index (χ4v) is 5.90. The molecule has 0 aliphatic heterocycles. The van der Waals surface area contributed by atoms with E-state index in [2.05, 4.69) is 175 Å². The summed E-state index contributed by atoms with van der Waals surface area (Å²) in [6.07, 6.45) is 4.08. The Balaban J connectivity index is 0.000000141. The molecule has 0 heterocycles. The Morgan fingerprint density at radius 1 is 0.458 bits per heavy atom. The molecule has 0 saturated heterocycles. The summed E-state index contributed by atoms with van der Waals surface area (Å²) >= 11 is 3.43. The monoisotopic (exact) mass is 690 g/mol. The van der Waals surface area contributed by atoms with Crippen LogP contribution in [0.15, 0.2) is 174 Å². The van der Waals surface area contributed by atoms with Crippen molar-refractivity contribution in [3.05, 3.63) is 174 Å². The second-order valence-corrected chi connectivity index (χ2v) is 12.5. The minimum absolute atomic E-state index is 0.850. The first-order valence-electron chi connectivity index (χ1n) is 16.7. The molecule has 0 amide bonds. The average molecular weight is 692 g/mol. The summed E-state index contributed by atoms with van der Waals surface area (Å²) in [5.74, 6) is 0. The second kappa shape index (κ2) is 17.7. The highest BCUT2D eigenvalue weighted by Gasteiger charge is 2.02. The van der Waals surface area contributed by atoms with Crippen LogP contribution in [0.1, 0.15) is 33.1 Å². The van der Waals surface area contributed by atoms with Gasteiger partial charge in [-0.1, -0.05) is 182 Å². The van der Waals surface area contributed by atoms with Crippen LogP contribution in [0.3, 0.4) is 0 Å². The van der Waals surface area contributed by atoms with Crippen LogP contribution in [0.4, 0.5) is 17.1 Å². The van der Waals surface area contributed by atoms with Crippen LogP contribution in [0.5, 0.6) is 0 Å². The largest absolute Gasteiger partial charge is 0.398 e. The van der Waals surface area contributed by atoms with Gasteiger partial charge in [0, 0.05) is 32.3 Å². The quantitative estimate of drug-likeness (QED) is 0.180. The first-order chi connectivity index (χ1) is 23.6. The summed E-state index contributed by atoms with van der Waals surface area (Å²) < 4.78 is 1.14. The van der Waals surface area contributed by atoms with Gasteiger partial charge in [0.15, 0.2) is 0 Å². The van der Waals surface area contributed by atoms with Gasteiger partial charge in [0.05, 0.1) is 0 Å². The van der Waals surface area contributed by atoms with E-state index in [9.17, 15) is 0 Å². The molecule has 0 aliphatic rings. The molecule has 0 bridgehead atoms. The van der Waals surface area contributed by atoms with Crippen molar-refractivity contribution in [3.8, 4) is 0 Å². The molecule has 240 valence electrons. The Bertz CT molecular complexity index is 2190. The van der Waals surface area contributed by atoms with E-state index in [1.165, 1.54) is 57.0 Å². The summed E-state index contributed by atoms with van der Waals surface area (Å²) in [5.41, 5.74) is 8.86. The lowest BCUT2D eigenvalue weighted by Gasteiger charge is -2.10. The lowest BCUT2D eigenvalue weighted by Crippen LogP contribution is -1.91. The molecule has 0 saturated carbocycles. The molecular weight excluding hydrogens is 648 g/mol. The summed E-state index contributed by atoms with van der Waals surface area (Å²) in [6, 6.07) is 58.4. The molecule has 0 spiro atoms. The second-order valence-electron chi connectivity index (χ2n) is 11.6. The van der Waals surface area contributed by atoms with E-state index in [1.807, 2.05) is 30.3 Å². The Morgan fingerprint density at radius 2 is 0.938 bits per heavy atom. The molecule has 0 aromatic heterocycles. The number of unbranched alkanes of at least 4 members (excludes halogenated alkanes) is 2. The number of halogens is 1. The first-order valence-corrected chi connectivity index (χ1v) is 17.5. The fraction of sp³-hybridized carbons (Fsp3) is 0.111. The van der Waals surface area contributed by atoms with Crippen molar-refractivity contribution in [3.63, 3.8) is 0 Å². The van der Waals surface area contributed by atoms with Gasteiger partial charge in [0.1, 0.15) is 0 Å². The van der Waals surface area contributed by atoms with E-state index >= 15 is 0 Å². The maximum atomic E-state index is 5.76. The van der Waals surface area contributed by atoms with Crippen LogP contribution < -0.4 is 11.1 Å². The van der Waals surface area contributed by atoms with Crippen LogP contribution in [0.2, 0.25) is 0 Å². The van der Waals surface area contributed by atoms with E-state index in [-0.39, 0.29) is 0 Å². The predicted molar refractivity (Wildman–Crippen MR) is 216 cm³/mol. The van der Waals surface area contributed by atoms with Gasteiger partial charge in [-0.2, -0.15) is 0 Å². The smallest absolute Gasteiger partial charge is 0.0463 e. The fourth-order valence-electron chi connectivity index (χ4n) is 5.52. The predicted octanol–water partition coefficient (Wildman–Crippen LogP) is 14.0. The van der Waals surface area contributed by atoms with Crippen molar-refractivity contribution < 1.29 is 0 Å². The minimum Gasteiger partial charge on any atom is -0.398 e. The molecular formula is C45H43BrN2. The average Bonchev–Trinajstić information content (AvgIpc) is 3.13. The van der Waals surface area contributed by atoms with Crippen LogP contribution in [0.25, 0.3) is 43.1 Å². The molecule has 0 fully saturated rings. The zero-order valence-electron chi connectivity index (χ0n) is 27.7. The number of benzene rings is 8. The van der Waals surface area contributed by atoms with Crippen molar-refractivity contribution in [1.29, 1.82) is 0 Å². The molecule has 3 N–H and O–H groups in total. The van der Waals surface area contributed by atoms with Crippen molar-refractivity contribution in [2.45, 2.75) is 33.1 Å². The number of fused-ring (bicyclic) bond motifs is 4. The molecule has 0 atom stereocenters. The number of hydrogen-bond acceptors (Lipinski definition) is 2. The third kappa shape index (κ3) is 9.47. The van der Waals surface area contributed by atoms with E-state index in [1.54, 1.807) is 0 Å². The third-order valence-electron chi connectivity index (χ3n) is 8.06. The highest BCUT2D eigenvalue weighted by molar-refractivity contribution is 9.10. The number of rotatable bonds is 4. The van der Waals surface area contributed by atoms with Gasteiger partial charge in [0.25, 0.3) is 0 Å². The van der Waals surface area contributed by atoms with Gasteiger partial charge >= 0.3 is 0 Å². The van der Waals surface area contributed by atoms with E-state index in [4.69, 9.17) is 5.73 Å². The van der Waals surface area contributed by atoms with Crippen LogP contribution in [0, 0.1) is 0 Å². The molecule has 8 aromatic carbocycles. The van der Waals surface area contributed by atoms with E-state index in [0.29, 0.717) is 0 Å². The Kier molecular flexibility index (Phi) is 12.6. The molecule has 3 heteroatoms. The van der Waals surface area contributed by atoms with Gasteiger partial charge in [-0.25, -0.2) is 0 Å². The number of anilines is 3. The lowest BCUT2D eigenvalue weighted by atomic mass is 10.1. The third-order valence-corrected chi connectivity index (χ3v) is 8.55. The zero-order valence-corrected chi connectivity index (χ0v) is 29.3.